The molecule has 2 atom stereocenters. The van der Waals surface area contributed by atoms with Crippen LogP contribution in [-0.2, 0) is 4.74 Å². The Kier molecular flexibility index (Phi) is 5.46. The van der Waals surface area contributed by atoms with Crippen molar-refractivity contribution in [3.05, 3.63) is 70.5 Å². The van der Waals surface area contributed by atoms with Gasteiger partial charge in [-0.25, -0.2) is 4.98 Å². The van der Waals surface area contributed by atoms with Crippen molar-refractivity contribution in [2.45, 2.75) is 25.5 Å². The molecule has 11 heteroatoms. The molecule has 1 amide bonds. The van der Waals surface area contributed by atoms with Crippen LogP contribution < -0.4 is 21.5 Å². The number of aryl methyl sites for hydroxylation is 1. The quantitative estimate of drug-likeness (QED) is 0.382. The van der Waals surface area contributed by atoms with E-state index in [1.807, 2.05) is 19.1 Å². The SMILES string of the molecule is CNc1cc(Nc2cccn(-c3ccc(C)nc3)c2=O)nc2c(C(=O)N[C@H]3C[C@@H]3OC)cnn12. The molecule has 1 aliphatic rings. The van der Waals surface area contributed by atoms with Crippen LogP contribution in [0.15, 0.2) is 53.7 Å². The summed E-state index contributed by atoms with van der Waals surface area (Å²) in [5.74, 6) is 0.719. The number of carbonyl (C=O) groups excluding carboxylic acids is 1. The van der Waals surface area contributed by atoms with E-state index in [0.29, 0.717) is 34.2 Å². The zero-order chi connectivity index (χ0) is 23.8. The van der Waals surface area contributed by atoms with Crippen LogP contribution in [0.1, 0.15) is 22.5 Å². The Morgan fingerprint density at radius 2 is 2.09 bits per heavy atom. The summed E-state index contributed by atoms with van der Waals surface area (Å²) in [5, 5.41) is 13.4. The molecule has 4 heterocycles. The monoisotopic (exact) mass is 460 g/mol. The van der Waals surface area contributed by atoms with Gasteiger partial charge in [-0.1, -0.05) is 0 Å². The van der Waals surface area contributed by atoms with Crippen molar-refractivity contribution in [1.29, 1.82) is 0 Å². The molecule has 1 aliphatic carbocycles. The van der Waals surface area contributed by atoms with Crippen LogP contribution in [0.5, 0.6) is 0 Å². The second-order valence-electron chi connectivity index (χ2n) is 8.04. The number of pyridine rings is 2. The number of fused-ring (bicyclic) bond motifs is 1. The lowest BCUT2D eigenvalue weighted by Gasteiger charge is -2.12. The molecular weight excluding hydrogens is 436 g/mol. The summed E-state index contributed by atoms with van der Waals surface area (Å²) < 4.78 is 8.30. The van der Waals surface area contributed by atoms with Gasteiger partial charge < -0.3 is 20.7 Å². The van der Waals surface area contributed by atoms with E-state index in [9.17, 15) is 9.59 Å². The van der Waals surface area contributed by atoms with Crippen molar-refractivity contribution in [2.24, 2.45) is 0 Å². The number of rotatable bonds is 7. The highest BCUT2D eigenvalue weighted by Gasteiger charge is 2.39. The van der Waals surface area contributed by atoms with Gasteiger partial charge in [-0.05, 0) is 37.6 Å². The molecule has 0 bridgehead atoms. The first kappa shape index (κ1) is 21.6. The number of hydrogen-bond acceptors (Lipinski definition) is 8. The van der Waals surface area contributed by atoms with Crippen molar-refractivity contribution in [2.75, 3.05) is 24.8 Å². The third-order valence-corrected chi connectivity index (χ3v) is 5.71. The van der Waals surface area contributed by atoms with Crippen molar-refractivity contribution >= 4 is 28.9 Å². The highest BCUT2D eigenvalue weighted by Crippen LogP contribution is 2.26. The highest BCUT2D eigenvalue weighted by molar-refractivity contribution is 6.00. The third-order valence-electron chi connectivity index (χ3n) is 5.71. The maximum absolute atomic E-state index is 13.1. The summed E-state index contributed by atoms with van der Waals surface area (Å²) in [6.07, 6.45) is 5.62. The van der Waals surface area contributed by atoms with Gasteiger partial charge in [0.25, 0.3) is 11.5 Å². The number of carbonyl (C=O) groups is 1. The van der Waals surface area contributed by atoms with Gasteiger partial charge in [0.05, 0.1) is 30.2 Å². The first-order valence-corrected chi connectivity index (χ1v) is 10.8. The van der Waals surface area contributed by atoms with Gasteiger partial charge in [-0.2, -0.15) is 9.61 Å². The first-order chi connectivity index (χ1) is 16.5. The largest absolute Gasteiger partial charge is 0.379 e. The molecule has 0 unspecified atom stereocenters. The number of ether oxygens (including phenoxy) is 1. The number of nitrogens with zero attached hydrogens (tertiary/aromatic N) is 5. The molecule has 4 aromatic rings. The predicted molar refractivity (Wildman–Crippen MR) is 127 cm³/mol. The van der Waals surface area contributed by atoms with Crippen LogP contribution in [0, 0.1) is 6.92 Å². The van der Waals surface area contributed by atoms with Crippen molar-refractivity contribution < 1.29 is 9.53 Å². The lowest BCUT2D eigenvalue weighted by atomic mass is 10.3. The second-order valence-corrected chi connectivity index (χ2v) is 8.04. The zero-order valence-corrected chi connectivity index (χ0v) is 18.9. The maximum Gasteiger partial charge on any atom is 0.278 e. The molecule has 0 aromatic carbocycles. The van der Waals surface area contributed by atoms with E-state index < -0.39 is 0 Å². The van der Waals surface area contributed by atoms with E-state index in [1.54, 1.807) is 49.3 Å². The Morgan fingerprint density at radius 1 is 1.24 bits per heavy atom. The van der Waals surface area contributed by atoms with Crippen molar-refractivity contribution in [1.82, 2.24) is 29.5 Å². The molecule has 11 nitrogen and oxygen atoms in total. The standard InChI is InChI=1S/C23H24N8O3/c1-13-6-7-14(11-25-13)30-8-4-5-16(23(30)33)27-19-10-20(24-2)31-21(29-19)15(12-26-31)22(32)28-17-9-18(17)34-3/h4-8,10-12,17-18,24H,9H2,1-3H3,(H,27,29)(H,28,32)/t17-,18-/m0/s1. The molecule has 1 fully saturated rings. The van der Waals surface area contributed by atoms with Crippen LogP contribution in [0.4, 0.5) is 17.3 Å². The summed E-state index contributed by atoms with van der Waals surface area (Å²) in [6, 6.07) is 8.82. The molecule has 4 aromatic heterocycles. The first-order valence-electron chi connectivity index (χ1n) is 10.8. The number of amides is 1. The van der Waals surface area contributed by atoms with Gasteiger partial charge in [-0.3, -0.25) is 19.1 Å². The summed E-state index contributed by atoms with van der Waals surface area (Å²) in [6.45, 7) is 1.89. The molecule has 0 radical (unpaired) electrons. The van der Waals surface area contributed by atoms with E-state index >= 15 is 0 Å². The summed E-state index contributed by atoms with van der Waals surface area (Å²) in [4.78, 5) is 34.8. The van der Waals surface area contributed by atoms with Gasteiger partial charge in [0.2, 0.25) is 0 Å². The summed E-state index contributed by atoms with van der Waals surface area (Å²) in [5.41, 5.74) is 2.28. The van der Waals surface area contributed by atoms with Crippen molar-refractivity contribution in [3.63, 3.8) is 0 Å². The van der Waals surface area contributed by atoms with E-state index in [1.165, 1.54) is 10.8 Å². The fourth-order valence-electron chi connectivity index (χ4n) is 3.73. The van der Waals surface area contributed by atoms with E-state index in [4.69, 9.17) is 4.74 Å². The van der Waals surface area contributed by atoms with E-state index in [-0.39, 0.29) is 23.6 Å². The number of nitrogens with one attached hydrogen (secondary N) is 3. The fourth-order valence-corrected chi connectivity index (χ4v) is 3.73. The van der Waals surface area contributed by atoms with Crippen LogP contribution in [0.2, 0.25) is 0 Å². The Labute approximate surface area is 194 Å². The average molecular weight is 460 g/mol. The summed E-state index contributed by atoms with van der Waals surface area (Å²) in [7, 11) is 3.37. The highest BCUT2D eigenvalue weighted by atomic mass is 16.5. The normalized spacial score (nSPS) is 16.9. The Morgan fingerprint density at radius 3 is 2.79 bits per heavy atom. The number of aromatic nitrogens is 5. The molecule has 3 N–H and O–H groups in total. The van der Waals surface area contributed by atoms with Crippen molar-refractivity contribution in [3.8, 4) is 5.69 Å². The molecule has 0 spiro atoms. The van der Waals surface area contributed by atoms with E-state index in [2.05, 4.69) is 31.0 Å². The minimum Gasteiger partial charge on any atom is -0.379 e. The van der Waals surface area contributed by atoms with Gasteiger partial charge >= 0.3 is 0 Å². The lowest BCUT2D eigenvalue weighted by Crippen LogP contribution is -2.28. The molecule has 34 heavy (non-hydrogen) atoms. The molecule has 0 saturated heterocycles. The fraction of sp³-hybridized carbons (Fsp3) is 0.261. The molecular formula is C23H24N8O3. The minimum atomic E-state index is -0.278. The summed E-state index contributed by atoms with van der Waals surface area (Å²) >= 11 is 0. The minimum absolute atomic E-state index is 0.0171. The zero-order valence-electron chi connectivity index (χ0n) is 18.9. The maximum atomic E-state index is 13.1. The van der Waals surface area contributed by atoms with Gasteiger partial charge in [0, 0.05) is 32.1 Å². The molecule has 1 saturated carbocycles. The lowest BCUT2D eigenvalue weighted by molar-refractivity contribution is 0.0936. The molecule has 0 aliphatic heterocycles. The van der Waals surface area contributed by atoms with Crippen LogP contribution in [0.3, 0.4) is 0 Å². The number of anilines is 3. The van der Waals surface area contributed by atoms with Crippen LogP contribution >= 0.6 is 0 Å². The number of methoxy groups -OCH3 is 1. The van der Waals surface area contributed by atoms with Crippen LogP contribution in [0.25, 0.3) is 11.3 Å². The van der Waals surface area contributed by atoms with Gasteiger partial charge in [0.1, 0.15) is 22.9 Å². The Balaban J connectivity index is 1.48. The molecule has 5 rings (SSSR count). The Bertz CT molecular complexity index is 1430. The second kappa shape index (κ2) is 8.60. The third kappa shape index (κ3) is 3.97. The average Bonchev–Trinajstić information content (AvgIpc) is 3.45. The number of hydrogen-bond donors (Lipinski definition) is 3. The topological polar surface area (TPSA) is 127 Å². The predicted octanol–water partition coefficient (Wildman–Crippen LogP) is 1.89. The Hall–Kier alpha value is -4.25. The molecule has 174 valence electrons. The van der Waals surface area contributed by atoms with Gasteiger partial charge in [-0.15, -0.1) is 0 Å². The van der Waals surface area contributed by atoms with Crippen LogP contribution in [-0.4, -0.2) is 56.4 Å². The van der Waals surface area contributed by atoms with E-state index in [0.717, 1.165) is 12.1 Å². The smallest absolute Gasteiger partial charge is 0.278 e. The van der Waals surface area contributed by atoms with Gasteiger partial charge in [0.15, 0.2) is 5.65 Å².